The molecule has 0 unspecified atom stereocenters. The first kappa shape index (κ1) is 34.6. The normalized spacial score (nSPS) is 21.9. The van der Waals surface area contributed by atoms with Crippen LogP contribution >= 0.6 is 0 Å². The minimum absolute atomic E-state index is 0.180. The molecule has 1 aromatic carbocycles. The molecule has 0 radical (unpaired) electrons. The number of carbonyl (C=O) groups is 2. The molecule has 0 aliphatic carbocycles. The molecule has 1 aromatic rings. The Morgan fingerprint density at radius 1 is 0.690 bits per heavy atom. The van der Waals surface area contributed by atoms with E-state index in [1.54, 1.807) is 0 Å². The molecule has 0 saturated carbocycles. The fourth-order valence-electron chi connectivity index (χ4n) is 7.82. The SMILES string of the molecule is CCCCCCCCC(Cc1ccccc1)(C(=O)OC1CC(C)(C)NC(C)(C)C1)C(=O)OC1CC(C)(C)NC(C)(C)C1. The lowest BCUT2D eigenvalue weighted by Crippen LogP contribution is -2.61. The molecule has 0 atom stereocenters. The van der Waals surface area contributed by atoms with Crippen molar-refractivity contribution in [2.45, 2.75) is 174 Å². The monoisotopic (exact) mass is 584 g/mol. The summed E-state index contributed by atoms with van der Waals surface area (Å²) in [6.07, 6.45) is 9.42. The fraction of sp³-hybridized carbons (Fsp3) is 0.778. The third-order valence-electron chi connectivity index (χ3n) is 8.94. The highest BCUT2D eigenvalue weighted by Crippen LogP contribution is 2.39. The van der Waals surface area contributed by atoms with E-state index in [1.807, 2.05) is 30.3 Å². The number of esters is 2. The number of hydrogen-bond donors (Lipinski definition) is 2. The maximum Gasteiger partial charge on any atom is 0.324 e. The lowest BCUT2D eigenvalue weighted by molar-refractivity contribution is -0.183. The second kappa shape index (κ2) is 13.8. The molecule has 2 saturated heterocycles. The van der Waals surface area contributed by atoms with Crippen molar-refractivity contribution in [1.29, 1.82) is 0 Å². The van der Waals surface area contributed by atoms with E-state index in [-0.39, 0.29) is 40.8 Å². The molecule has 2 aliphatic rings. The van der Waals surface area contributed by atoms with Crippen LogP contribution in [-0.2, 0) is 25.5 Å². The van der Waals surface area contributed by atoms with Crippen LogP contribution in [0.4, 0.5) is 0 Å². The van der Waals surface area contributed by atoms with Gasteiger partial charge in [-0.2, -0.15) is 0 Å². The van der Waals surface area contributed by atoms with E-state index < -0.39 is 17.4 Å². The van der Waals surface area contributed by atoms with Crippen molar-refractivity contribution in [1.82, 2.24) is 10.6 Å². The van der Waals surface area contributed by atoms with E-state index >= 15 is 0 Å². The summed E-state index contributed by atoms with van der Waals surface area (Å²) in [6, 6.07) is 9.91. The third kappa shape index (κ3) is 10.1. The van der Waals surface area contributed by atoms with E-state index in [2.05, 4.69) is 72.9 Å². The van der Waals surface area contributed by atoms with Gasteiger partial charge in [0.25, 0.3) is 0 Å². The molecule has 0 spiro atoms. The van der Waals surface area contributed by atoms with Crippen LogP contribution in [-0.4, -0.2) is 46.3 Å². The molecule has 238 valence electrons. The molecule has 2 N–H and O–H groups in total. The van der Waals surface area contributed by atoms with E-state index in [4.69, 9.17) is 9.47 Å². The van der Waals surface area contributed by atoms with Crippen molar-refractivity contribution in [2.24, 2.45) is 5.41 Å². The summed E-state index contributed by atoms with van der Waals surface area (Å²) >= 11 is 0. The van der Waals surface area contributed by atoms with Crippen molar-refractivity contribution < 1.29 is 19.1 Å². The van der Waals surface area contributed by atoms with Gasteiger partial charge in [0.1, 0.15) is 12.2 Å². The highest BCUT2D eigenvalue weighted by Gasteiger charge is 2.52. The average molecular weight is 585 g/mol. The zero-order valence-electron chi connectivity index (χ0n) is 28.2. The first-order chi connectivity index (χ1) is 19.5. The predicted octanol–water partition coefficient (Wildman–Crippen LogP) is 7.67. The molecule has 6 heteroatoms. The van der Waals surface area contributed by atoms with Gasteiger partial charge in [0.15, 0.2) is 5.41 Å². The molecule has 6 nitrogen and oxygen atoms in total. The summed E-state index contributed by atoms with van der Waals surface area (Å²) in [6.45, 7) is 19.4. The lowest BCUT2D eigenvalue weighted by Gasteiger charge is -2.47. The molecule has 2 fully saturated rings. The van der Waals surface area contributed by atoms with Gasteiger partial charge in [-0.15, -0.1) is 0 Å². The Hall–Kier alpha value is -1.92. The average Bonchev–Trinajstić information content (AvgIpc) is 2.82. The van der Waals surface area contributed by atoms with Gasteiger partial charge in [0.05, 0.1) is 0 Å². The first-order valence-electron chi connectivity index (χ1n) is 16.5. The molecule has 2 heterocycles. The minimum Gasteiger partial charge on any atom is -0.461 e. The number of unbranched alkanes of at least 4 members (excludes halogenated alkanes) is 5. The van der Waals surface area contributed by atoms with Crippen LogP contribution < -0.4 is 10.6 Å². The Kier molecular flexibility index (Phi) is 11.4. The van der Waals surface area contributed by atoms with Gasteiger partial charge in [-0.1, -0.05) is 75.8 Å². The third-order valence-corrected chi connectivity index (χ3v) is 8.94. The highest BCUT2D eigenvalue weighted by molar-refractivity contribution is 6.00. The zero-order chi connectivity index (χ0) is 31.2. The van der Waals surface area contributed by atoms with Gasteiger partial charge in [-0.25, -0.2) is 0 Å². The van der Waals surface area contributed by atoms with Gasteiger partial charge < -0.3 is 20.1 Å². The van der Waals surface area contributed by atoms with Crippen LogP contribution in [0.3, 0.4) is 0 Å². The van der Waals surface area contributed by atoms with E-state index in [0.29, 0.717) is 32.1 Å². The Morgan fingerprint density at radius 2 is 1.10 bits per heavy atom. The van der Waals surface area contributed by atoms with Gasteiger partial charge in [-0.3, -0.25) is 9.59 Å². The molecule has 42 heavy (non-hydrogen) atoms. The quantitative estimate of drug-likeness (QED) is 0.141. The summed E-state index contributed by atoms with van der Waals surface area (Å²) in [7, 11) is 0. The van der Waals surface area contributed by atoms with Crippen molar-refractivity contribution in [2.75, 3.05) is 0 Å². The Morgan fingerprint density at radius 3 is 1.52 bits per heavy atom. The summed E-state index contributed by atoms with van der Waals surface area (Å²) in [5, 5.41) is 7.35. The second-order valence-electron chi connectivity index (χ2n) is 15.9. The van der Waals surface area contributed by atoms with Crippen molar-refractivity contribution in [3.8, 4) is 0 Å². The van der Waals surface area contributed by atoms with E-state index in [0.717, 1.165) is 24.8 Å². The highest BCUT2D eigenvalue weighted by atomic mass is 16.6. The Balaban J connectivity index is 1.94. The van der Waals surface area contributed by atoms with Gasteiger partial charge >= 0.3 is 11.9 Å². The molecule has 0 bridgehead atoms. The van der Waals surface area contributed by atoms with Crippen molar-refractivity contribution >= 4 is 11.9 Å². The largest absolute Gasteiger partial charge is 0.461 e. The molecule has 0 amide bonds. The molecular weight excluding hydrogens is 524 g/mol. The smallest absolute Gasteiger partial charge is 0.324 e. The van der Waals surface area contributed by atoms with Gasteiger partial charge in [0.2, 0.25) is 0 Å². The zero-order valence-corrected chi connectivity index (χ0v) is 28.2. The van der Waals surface area contributed by atoms with Crippen LogP contribution in [0.15, 0.2) is 30.3 Å². The molecule has 3 rings (SSSR count). The lowest BCUT2D eigenvalue weighted by atomic mass is 9.76. The Bertz CT molecular complexity index is 946. The number of piperidine rings is 2. The topological polar surface area (TPSA) is 76.7 Å². The fourth-order valence-corrected chi connectivity index (χ4v) is 7.82. The van der Waals surface area contributed by atoms with Crippen LogP contribution in [0.2, 0.25) is 0 Å². The minimum atomic E-state index is -1.38. The van der Waals surface area contributed by atoms with Crippen molar-refractivity contribution in [3.63, 3.8) is 0 Å². The second-order valence-corrected chi connectivity index (χ2v) is 15.9. The standard InChI is InChI=1S/C36H60N2O4/c1-10-11-12-13-14-18-21-36(22-27-19-16-15-17-20-27,30(39)41-28-23-32(2,3)37-33(4,5)24-28)31(40)42-29-25-34(6,7)38-35(8,9)26-29/h15-17,19-20,28-29,37-38H,10-14,18,21-26H2,1-9H3. The number of nitrogens with one attached hydrogen (secondary N) is 2. The first-order valence-corrected chi connectivity index (χ1v) is 16.5. The molecule has 2 aliphatic heterocycles. The van der Waals surface area contributed by atoms with Gasteiger partial charge in [-0.05, 0) is 73.8 Å². The summed E-state index contributed by atoms with van der Waals surface area (Å²) in [5.74, 6) is -0.841. The van der Waals surface area contributed by atoms with Crippen LogP contribution in [0, 0.1) is 5.41 Å². The summed E-state index contributed by atoms with van der Waals surface area (Å²) in [5.41, 5.74) is -1.15. The number of benzene rings is 1. The number of carbonyl (C=O) groups excluding carboxylic acids is 2. The van der Waals surface area contributed by atoms with Crippen LogP contribution in [0.25, 0.3) is 0 Å². The predicted molar refractivity (Wildman–Crippen MR) is 171 cm³/mol. The maximum absolute atomic E-state index is 14.5. The number of rotatable bonds is 13. The number of hydrogen-bond acceptors (Lipinski definition) is 6. The maximum atomic E-state index is 14.5. The summed E-state index contributed by atoms with van der Waals surface area (Å²) < 4.78 is 12.8. The van der Waals surface area contributed by atoms with Crippen molar-refractivity contribution in [3.05, 3.63) is 35.9 Å². The van der Waals surface area contributed by atoms with E-state index in [9.17, 15) is 9.59 Å². The van der Waals surface area contributed by atoms with Crippen LogP contribution in [0.1, 0.15) is 139 Å². The Labute approximate surface area is 256 Å². The molecule has 0 aromatic heterocycles. The van der Waals surface area contributed by atoms with E-state index in [1.165, 1.54) is 19.3 Å². The van der Waals surface area contributed by atoms with Gasteiger partial charge in [0, 0.05) is 47.8 Å². The van der Waals surface area contributed by atoms with Crippen LogP contribution in [0.5, 0.6) is 0 Å². The molecular formula is C36H60N2O4. The number of ether oxygens (including phenoxy) is 2. The summed E-state index contributed by atoms with van der Waals surface area (Å²) in [4.78, 5) is 29.0.